The van der Waals surface area contributed by atoms with Gasteiger partial charge in [0, 0.05) is 32.4 Å². The SMILES string of the molecule is O=C(c1cn(-c2ccccc2)nc1-c1cccs1)N1CCN(c2ncnc3sccc23)CC1. The highest BCUT2D eigenvalue weighted by Gasteiger charge is 2.28. The summed E-state index contributed by atoms with van der Waals surface area (Å²) in [5.74, 6) is 0.966. The van der Waals surface area contributed by atoms with Crippen LogP contribution in [0.5, 0.6) is 0 Å². The summed E-state index contributed by atoms with van der Waals surface area (Å²) in [4.78, 5) is 28.6. The lowest BCUT2D eigenvalue weighted by molar-refractivity contribution is 0.0747. The van der Waals surface area contributed by atoms with Gasteiger partial charge in [-0.05, 0) is 35.0 Å². The molecule has 0 radical (unpaired) electrons. The van der Waals surface area contributed by atoms with E-state index in [1.54, 1.807) is 33.7 Å². The summed E-state index contributed by atoms with van der Waals surface area (Å²) in [6.07, 6.45) is 3.48. The molecule has 0 N–H and O–H groups in total. The van der Waals surface area contributed by atoms with Crippen molar-refractivity contribution in [1.29, 1.82) is 0 Å². The minimum absolute atomic E-state index is 0.0172. The minimum Gasteiger partial charge on any atom is -0.352 e. The lowest BCUT2D eigenvalue weighted by atomic mass is 10.1. The van der Waals surface area contributed by atoms with Crippen molar-refractivity contribution < 1.29 is 4.79 Å². The predicted octanol–water partition coefficient (Wildman–Crippen LogP) is 4.57. The Balaban J connectivity index is 1.27. The van der Waals surface area contributed by atoms with Gasteiger partial charge in [-0.25, -0.2) is 14.6 Å². The van der Waals surface area contributed by atoms with Gasteiger partial charge in [0.2, 0.25) is 0 Å². The van der Waals surface area contributed by atoms with E-state index in [9.17, 15) is 4.79 Å². The molecule has 0 atom stereocenters. The number of rotatable bonds is 4. The van der Waals surface area contributed by atoms with Crippen LogP contribution in [0.4, 0.5) is 5.82 Å². The van der Waals surface area contributed by atoms with Crippen molar-refractivity contribution >= 4 is 44.6 Å². The number of benzene rings is 1. The summed E-state index contributed by atoms with van der Waals surface area (Å²) in [5.41, 5.74) is 2.30. The van der Waals surface area contributed by atoms with Gasteiger partial charge in [0.25, 0.3) is 5.91 Å². The van der Waals surface area contributed by atoms with E-state index in [-0.39, 0.29) is 5.91 Å². The molecule has 9 heteroatoms. The first-order chi connectivity index (χ1) is 16.3. The number of piperazine rings is 1. The van der Waals surface area contributed by atoms with Gasteiger partial charge >= 0.3 is 0 Å². The molecule has 1 aliphatic heterocycles. The van der Waals surface area contributed by atoms with E-state index in [0.717, 1.165) is 45.4 Å². The van der Waals surface area contributed by atoms with Gasteiger partial charge in [-0.2, -0.15) is 5.10 Å². The maximum absolute atomic E-state index is 13.6. The zero-order valence-corrected chi connectivity index (χ0v) is 19.3. The Morgan fingerprint density at radius 2 is 1.73 bits per heavy atom. The fourth-order valence-corrected chi connectivity index (χ4v) is 5.61. The molecule has 1 aromatic carbocycles. The molecule has 1 amide bonds. The average molecular weight is 473 g/mol. The number of carbonyl (C=O) groups excluding carboxylic acids is 1. The number of amides is 1. The Bertz CT molecular complexity index is 1400. The van der Waals surface area contributed by atoms with E-state index in [1.807, 2.05) is 64.3 Å². The number of nitrogens with zero attached hydrogens (tertiary/aromatic N) is 6. The third kappa shape index (κ3) is 3.69. The van der Waals surface area contributed by atoms with Gasteiger partial charge in [0.15, 0.2) is 0 Å². The van der Waals surface area contributed by atoms with Crippen molar-refractivity contribution in [2.45, 2.75) is 0 Å². The second-order valence-electron chi connectivity index (χ2n) is 7.76. The first-order valence-electron chi connectivity index (χ1n) is 10.7. The number of para-hydroxylation sites is 1. The standard InChI is InChI=1S/C24H20N6OS2/c31-24(29-11-9-28(10-12-29)22-18-8-14-33-23(18)26-16-25-22)19-15-30(17-5-2-1-3-6-17)27-21(19)20-7-4-13-32-20/h1-8,13-16H,9-12H2. The summed E-state index contributed by atoms with van der Waals surface area (Å²) in [5, 5.41) is 9.91. The topological polar surface area (TPSA) is 67.2 Å². The second-order valence-corrected chi connectivity index (χ2v) is 9.61. The van der Waals surface area contributed by atoms with Crippen LogP contribution in [0.2, 0.25) is 0 Å². The molecule has 0 spiro atoms. The molecule has 33 heavy (non-hydrogen) atoms. The highest BCUT2D eigenvalue weighted by molar-refractivity contribution is 7.16. The third-order valence-corrected chi connectivity index (χ3v) is 7.52. The predicted molar refractivity (Wildman–Crippen MR) is 132 cm³/mol. The lowest BCUT2D eigenvalue weighted by Gasteiger charge is -2.35. The second kappa shape index (κ2) is 8.42. The summed E-state index contributed by atoms with van der Waals surface area (Å²) >= 11 is 3.21. The molecule has 7 nitrogen and oxygen atoms in total. The Labute approximate surface area is 198 Å². The number of thiophene rings is 2. The van der Waals surface area contributed by atoms with Gasteiger partial charge < -0.3 is 9.80 Å². The van der Waals surface area contributed by atoms with Crippen LogP contribution < -0.4 is 4.90 Å². The normalized spacial score (nSPS) is 14.2. The molecule has 0 aliphatic carbocycles. The highest BCUT2D eigenvalue weighted by atomic mass is 32.1. The molecule has 1 fully saturated rings. The molecule has 1 aliphatic rings. The van der Waals surface area contributed by atoms with Gasteiger partial charge in [-0.1, -0.05) is 24.3 Å². The van der Waals surface area contributed by atoms with Gasteiger partial charge in [-0.3, -0.25) is 4.79 Å². The van der Waals surface area contributed by atoms with Crippen LogP contribution in [0.1, 0.15) is 10.4 Å². The van der Waals surface area contributed by atoms with Crippen LogP contribution >= 0.6 is 22.7 Å². The Morgan fingerprint density at radius 1 is 0.879 bits per heavy atom. The van der Waals surface area contributed by atoms with Gasteiger partial charge in [0.05, 0.1) is 21.5 Å². The molecule has 5 aromatic rings. The molecule has 5 heterocycles. The largest absolute Gasteiger partial charge is 0.352 e. The van der Waals surface area contributed by atoms with E-state index >= 15 is 0 Å². The molecule has 164 valence electrons. The van der Waals surface area contributed by atoms with Crippen molar-refractivity contribution in [1.82, 2.24) is 24.6 Å². The first kappa shape index (κ1) is 20.1. The summed E-state index contributed by atoms with van der Waals surface area (Å²) in [6.45, 7) is 2.73. The lowest BCUT2D eigenvalue weighted by Crippen LogP contribution is -2.49. The quantitative estimate of drug-likeness (QED) is 0.383. The van der Waals surface area contributed by atoms with Crippen LogP contribution in [0.15, 0.2) is 71.8 Å². The highest BCUT2D eigenvalue weighted by Crippen LogP contribution is 2.30. The summed E-state index contributed by atoms with van der Waals surface area (Å²) in [7, 11) is 0. The monoisotopic (exact) mass is 472 g/mol. The Morgan fingerprint density at radius 3 is 2.52 bits per heavy atom. The van der Waals surface area contributed by atoms with Crippen molar-refractivity contribution in [3.05, 3.63) is 77.4 Å². The number of hydrogen-bond acceptors (Lipinski definition) is 7. The van der Waals surface area contributed by atoms with E-state index in [1.165, 1.54) is 0 Å². The summed E-state index contributed by atoms with van der Waals surface area (Å²) in [6, 6.07) is 16.0. The zero-order valence-electron chi connectivity index (χ0n) is 17.7. The number of anilines is 1. The summed E-state index contributed by atoms with van der Waals surface area (Å²) < 4.78 is 1.80. The molecule has 0 saturated carbocycles. The van der Waals surface area contributed by atoms with Crippen molar-refractivity contribution in [3.63, 3.8) is 0 Å². The van der Waals surface area contributed by atoms with Crippen LogP contribution in [-0.4, -0.2) is 56.7 Å². The number of carbonyl (C=O) groups is 1. The first-order valence-corrected chi connectivity index (χ1v) is 12.5. The average Bonchev–Trinajstić information content (AvgIpc) is 3.64. The van der Waals surface area contributed by atoms with Crippen molar-refractivity contribution in [3.8, 4) is 16.3 Å². The van der Waals surface area contributed by atoms with Crippen LogP contribution in [-0.2, 0) is 0 Å². The molecule has 0 bridgehead atoms. The van der Waals surface area contributed by atoms with E-state index in [2.05, 4.69) is 20.9 Å². The maximum Gasteiger partial charge on any atom is 0.257 e. The Kier molecular flexibility index (Phi) is 5.12. The van der Waals surface area contributed by atoms with Crippen LogP contribution in [0.25, 0.3) is 26.5 Å². The third-order valence-electron chi connectivity index (χ3n) is 5.83. The van der Waals surface area contributed by atoms with E-state index < -0.39 is 0 Å². The van der Waals surface area contributed by atoms with Crippen molar-refractivity contribution in [2.75, 3.05) is 31.1 Å². The molecular formula is C24H20N6OS2. The van der Waals surface area contributed by atoms with Gasteiger partial charge in [-0.15, -0.1) is 22.7 Å². The smallest absolute Gasteiger partial charge is 0.257 e. The molecular weight excluding hydrogens is 452 g/mol. The molecule has 1 saturated heterocycles. The Hall–Kier alpha value is -3.56. The van der Waals surface area contributed by atoms with Crippen molar-refractivity contribution in [2.24, 2.45) is 0 Å². The van der Waals surface area contributed by atoms with E-state index in [0.29, 0.717) is 18.7 Å². The van der Waals surface area contributed by atoms with Crippen LogP contribution in [0.3, 0.4) is 0 Å². The maximum atomic E-state index is 13.6. The zero-order chi connectivity index (χ0) is 22.2. The fourth-order valence-electron chi connectivity index (χ4n) is 4.16. The number of fused-ring (bicyclic) bond motifs is 1. The number of hydrogen-bond donors (Lipinski definition) is 0. The molecule has 6 rings (SSSR count). The molecule has 0 unspecified atom stereocenters. The molecule has 4 aromatic heterocycles. The van der Waals surface area contributed by atoms with Crippen LogP contribution in [0, 0.1) is 0 Å². The van der Waals surface area contributed by atoms with E-state index in [4.69, 9.17) is 5.10 Å². The number of aromatic nitrogens is 4. The minimum atomic E-state index is 0.0172. The fraction of sp³-hybridized carbons (Fsp3) is 0.167. The van der Waals surface area contributed by atoms with Gasteiger partial charge in [0.1, 0.15) is 22.7 Å².